The Labute approximate surface area is 135 Å². The number of tetrazole rings is 1. The van der Waals surface area contributed by atoms with Crippen LogP contribution in [0.1, 0.15) is 49.2 Å². The van der Waals surface area contributed by atoms with Crippen LogP contribution in [0.15, 0.2) is 18.2 Å². The van der Waals surface area contributed by atoms with Gasteiger partial charge in [-0.3, -0.25) is 0 Å². The van der Waals surface area contributed by atoms with Crippen LogP contribution in [0.5, 0.6) is 11.5 Å². The first-order chi connectivity index (χ1) is 11.3. The molecule has 122 valence electrons. The van der Waals surface area contributed by atoms with Gasteiger partial charge >= 0.3 is 0 Å². The Morgan fingerprint density at radius 1 is 1.35 bits per heavy atom. The van der Waals surface area contributed by atoms with Crippen molar-refractivity contribution in [3.63, 3.8) is 0 Å². The monoisotopic (exact) mass is 315 g/mol. The van der Waals surface area contributed by atoms with Gasteiger partial charge in [-0.25, -0.2) is 4.68 Å². The second-order valence-electron chi connectivity index (χ2n) is 6.10. The molecular weight excluding hydrogens is 294 g/mol. The van der Waals surface area contributed by atoms with E-state index in [4.69, 9.17) is 9.47 Å². The van der Waals surface area contributed by atoms with Crippen molar-refractivity contribution < 1.29 is 9.47 Å². The van der Waals surface area contributed by atoms with Gasteiger partial charge in [-0.2, -0.15) is 0 Å². The smallest absolute Gasteiger partial charge is 0.165 e. The van der Waals surface area contributed by atoms with E-state index in [0.717, 1.165) is 42.3 Å². The molecule has 4 rings (SSSR count). The fraction of sp³-hybridized carbons (Fsp3) is 0.562. The van der Waals surface area contributed by atoms with Crippen LogP contribution in [0.25, 0.3) is 0 Å². The molecule has 0 amide bonds. The van der Waals surface area contributed by atoms with Crippen LogP contribution in [-0.4, -0.2) is 33.9 Å². The molecule has 1 atom stereocenters. The van der Waals surface area contributed by atoms with Crippen molar-refractivity contribution in [2.45, 2.75) is 44.3 Å². The van der Waals surface area contributed by atoms with E-state index in [1.807, 2.05) is 16.8 Å². The van der Waals surface area contributed by atoms with Crippen molar-refractivity contribution in [2.24, 2.45) is 0 Å². The van der Waals surface area contributed by atoms with E-state index in [2.05, 4.69) is 26.9 Å². The van der Waals surface area contributed by atoms with Gasteiger partial charge in [-0.1, -0.05) is 0 Å². The molecule has 0 spiro atoms. The Morgan fingerprint density at radius 2 is 2.26 bits per heavy atom. The van der Waals surface area contributed by atoms with Crippen molar-refractivity contribution in [2.75, 3.05) is 13.7 Å². The van der Waals surface area contributed by atoms with Gasteiger partial charge < -0.3 is 14.8 Å². The number of ether oxygens (including phenoxy) is 2. The lowest BCUT2D eigenvalue weighted by molar-refractivity contribution is 0.314. The highest BCUT2D eigenvalue weighted by molar-refractivity contribution is 5.42. The summed E-state index contributed by atoms with van der Waals surface area (Å²) < 4.78 is 13.2. The number of methoxy groups -OCH3 is 1. The number of aromatic nitrogens is 4. The molecule has 1 fully saturated rings. The highest BCUT2D eigenvalue weighted by Gasteiger charge is 2.28. The molecular formula is C16H21N5O2. The fourth-order valence-electron chi connectivity index (χ4n) is 3.04. The number of hydrogen-bond acceptors (Lipinski definition) is 6. The third-order valence-corrected chi connectivity index (χ3v) is 4.45. The van der Waals surface area contributed by atoms with Gasteiger partial charge in [0, 0.05) is 11.6 Å². The van der Waals surface area contributed by atoms with Crippen molar-refractivity contribution in [1.82, 2.24) is 25.5 Å². The summed E-state index contributed by atoms with van der Waals surface area (Å²) in [7, 11) is 1.69. The van der Waals surface area contributed by atoms with Gasteiger partial charge in [0.05, 0.1) is 26.3 Å². The molecule has 0 saturated heterocycles. The lowest BCUT2D eigenvalue weighted by Crippen LogP contribution is -2.23. The maximum Gasteiger partial charge on any atom is 0.165 e. The Balaban J connectivity index is 1.53. The number of nitrogens with zero attached hydrogens (tertiary/aromatic N) is 4. The lowest BCUT2D eigenvalue weighted by atomic mass is 10.0. The van der Waals surface area contributed by atoms with Crippen molar-refractivity contribution in [3.8, 4) is 11.5 Å². The van der Waals surface area contributed by atoms with Crippen molar-refractivity contribution in [3.05, 3.63) is 29.6 Å². The molecule has 1 saturated carbocycles. The summed E-state index contributed by atoms with van der Waals surface area (Å²) in [6.07, 6.45) is 4.39. The Kier molecular flexibility index (Phi) is 3.87. The Hall–Kier alpha value is -2.15. The molecule has 23 heavy (non-hydrogen) atoms. The first-order valence-corrected chi connectivity index (χ1v) is 8.16. The predicted molar refractivity (Wildman–Crippen MR) is 83.4 cm³/mol. The summed E-state index contributed by atoms with van der Waals surface area (Å²) >= 11 is 0. The van der Waals surface area contributed by atoms with Gasteiger partial charge in [-0.15, -0.1) is 5.10 Å². The zero-order valence-corrected chi connectivity index (χ0v) is 13.2. The second kappa shape index (κ2) is 6.16. The summed E-state index contributed by atoms with van der Waals surface area (Å²) in [6.45, 7) is 1.40. The minimum absolute atomic E-state index is 0.215. The van der Waals surface area contributed by atoms with Crippen LogP contribution < -0.4 is 14.8 Å². The average molecular weight is 315 g/mol. The van der Waals surface area contributed by atoms with Crippen LogP contribution in [0, 0.1) is 0 Å². The van der Waals surface area contributed by atoms with Crippen LogP contribution in [0.4, 0.5) is 0 Å². The molecule has 1 aromatic carbocycles. The molecule has 2 aliphatic rings. The molecule has 1 unspecified atom stereocenters. The SMILES string of the molecule is COc1ccc2c(c1)C(NCc1nnnn1C1CC1)CCCO2. The fourth-order valence-corrected chi connectivity index (χ4v) is 3.04. The first-order valence-electron chi connectivity index (χ1n) is 8.16. The second-order valence-corrected chi connectivity index (χ2v) is 6.10. The molecule has 1 aliphatic carbocycles. The summed E-state index contributed by atoms with van der Waals surface area (Å²) in [5, 5.41) is 15.7. The number of rotatable bonds is 5. The Morgan fingerprint density at radius 3 is 3.09 bits per heavy atom. The molecule has 2 aromatic rings. The van der Waals surface area contributed by atoms with Gasteiger partial charge in [-0.05, 0) is 54.3 Å². The summed E-state index contributed by atoms with van der Waals surface area (Å²) in [5.41, 5.74) is 1.15. The van der Waals surface area contributed by atoms with Crippen LogP contribution >= 0.6 is 0 Å². The minimum atomic E-state index is 0.215. The normalized spacial score (nSPS) is 20.5. The number of benzene rings is 1. The molecule has 0 radical (unpaired) electrons. The summed E-state index contributed by atoms with van der Waals surface area (Å²) in [6, 6.07) is 6.69. The average Bonchev–Trinajstić information content (AvgIpc) is 3.36. The Bertz CT molecular complexity index is 683. The minimum Gasteiger partial charge on any atom is -0.497 e. The van der Waals surface area contributed by atoms with E-state index in [1.165, 1.54) is 12.8 Å². The molecule has 1 aliphatic heterocycles. The number of nitrogens with one attached hydrogen (secondary N) is 1. The van der Waals surface area contributed by atoms with Crippen LogP contribution in [0.2, 0.25) is 0 Å². The topological polar surface area (TPSA) is 74.1 Å². The van der Waals surface area contributed by atoms with E-state index in [9.17, 15) is 0 Å². The molecule has 7 heteroatoms. The van der Waals surface area contributed by atoms with E-state index >= 15 is 0 Å². The molecule has 7 nitrogen and oxygen atoms in total. The van der Waals surface area contributed by atoms with Gasteiger partial charge in [0.2, 0.25) is 0 Å². The van der Waals surface area contributed by atoms with Gasteiger partial charge in [0.25, 0.3) is 0 Å². The van der Waals surface area contributed by atoms with E-state index in [1.54, 1.807) is 7.11 Å². The summed E-state index contributed by atoms with van der Waals surface area (Å²) in [4.78, 5) is 0. The first kappa shape index (κ1) is 14.4. The highest BCUT2D eigenvalue weighted by atomic mass is 16.5. The largest absolute Gasteiger partial charge is 0.497 e. The molecule has 2 heterocycles. The predicted octanol–water partition coefficient (Wildman–Crippen LogP) is 2.02. The van der Waals surface area contributed by atoms with Gasteiger partial charge in [0.1, 0.15) is 11.5 Å². The highest BCUT2D eigenvalue weighted by Crippen LogP contribution is 2.36. The third-order valence-electron chi connectivity index (χ3n) is 4.45. The van der Waals surface area contributed by atoms with E-state index in [-0.39, 0.29) is 6.04 Å². The maximum atomic E-state index is 5.85. The zero-order chi connectivity index (χ0) is 15.6. The lowest BCUT2D eigenvalue weighted by Gasteiger charge is -2.19. The molecule has 1 aromatic heterocycles. The number of fused-ring (bicyclic) bond motifs is 1. The van der Waals surface area contributed by atoms with Crippen molar-refractivity contribution in [1.29, 1.82) is 0 Å². The molecule has 0 bridgehead atoms. The van der Waals surface area contributed by atoms with E-state index in [0.29, 0.717) is 12.6 Å². The van der Waals surface area contributed by atoms with Crippen LogP contribution in [-0.2, 0) is 6.54 Å². The number of hydrogen-bond donors (Lipinski definition) is 1. The van der Waals surface area contributed by atoms with Gasteiger partial charge in [0.15, 0.2) is 5.82 Å². The van der Waals surface area contributed by atoms with Crippen molar-refractivity contribution >= 4 is 0 Å². The molecule has 1 N–H and O–H groups in total. The quantitative estimate of drug-likeness (QED) is 0.910. The zero-order valence-electron chi connectivity index (χ0n) is 13.2. The third kappa shape index (κ3) is 3.01. The van der Waals surface area contributed by atoms with E-state index < -0.39 is 0 Å². The van der Waals surface area contributed by atoms with Crippen LogP contribution in [0.3, 0.4) is 0 Å². The standard InChI is InChI=1S/C16H21N5O2/c1-22-12-6-7-15-13(9-12)14(3-2-8-23-15)17-10-16-18-19-20-21(16)11-4-5-11/h6-7,9,11,14,17H,2-5,8,10H2,1H3. The summed E-state index contributed by atoms with van der Waals surface area (Å²) in [5.74, 6) is 2.69. The maximum absolute atomic E-state index is 5.85.